The molecule has 0 aliphatic carbocycles. The van der Waals surface area contributed by atoms with Crippen LogP contribution in [0.3, 0.4) is 0 Å². The molecule has 106 valence electrons. The standard InChI is InChI=1S/C15H24N2O2/c1-4-5-6-12-7-13(11(3)10(2)8-16)14(15(18)19)17-9-12/h7,9-11H,4-6,8,16H2,1-3H3,(H,18,19). The lowest BCUT2D eigenvalue weighted by molar-refractivity contribution is 0.0688. The topological polar surface area (TPSA) is 76.2 Å². The first-order valence-electron chi connectivity index (χ1n) is 6.93. The second-order valence-electron chi connectivity index (χ2n) is 5.19. The first-order chi connectivity index (χ1) is 9.01. The minimum atomic E-state index is -0.965. The Balaban J connectivity index is 3.11. The highest BCUT2D eigenvalue weighted by molar-refractivity contribution is 5.87. The Morgan fingerprint density at radius 3 is 2.68 bits per heavy atom. The number of unbranched alkanes of at least 4 members (excludes halogenated alkanes) is 1. The van der Waals surface area contributed by atoms with E-state index in [2.05, 4.69) is 11.9 Å². The number of carbonyl (C=O) groups is 1. The third-order valence-corrected chi connectivity index (χ3v) is 3.71. The van der Waals surface area contributed by atoms with E-state index in [9.17, 15) is 9.90 Å². The second kappa shape index (κ2) is 7.24. The zero-order valence-corrected chi connectivity index (χ0v) is 12.0. The fraction of sp³-hybridized carbons (Fsp3) is 0.600. The average molecular weight is 264 g/mol. The van der Waals surface area contributed by atoms with Crippen LogP contribution >= 0.6 is 0 Å². The van der Waals surface area contributed by atoms with Gasteiger partial charge in [-0.15, -0.1) is 0 Å². The van der Waals surface area contributed by atoms with Crippen molar-refractivity contribution < 1.29 is 9.90 Å². The first kappa shape index (κ1) is 15.6. The fourth-order valence-electron chi connectivity index (χ4n) is 2.08. The molecule has 0 spiro atoms. The molecule has 19 heavy (non-hydrogen) atoms. The van der Waals surface area contributed by atoms with Crippen LogP contribution in [0.15, 0.2) is 12.3 Å². The molecule has 0 bridgehead atoms. The number of nitrogens with two attached hydrogens (primary N) is 1. The quantitative estimate of drug-likeness (QED) is 0.794. The van der Waals surface area contributed by atoms with Crippen LogP contribution in [0, 0.1) is 5.92 Å². The molecule has 3 N–H and O–H groups in total. The monoisotopic (exact) mass is 264 g/mol. The van der Waals surface area contributed by atoms with Gasteiger partial charge >= 0.3 is 5.97 Å². The third kappa shape index (κ3) is 4.03. The summed E-state index contributed by atoms with van der Waals surface area (Å²) in [5.74, 6) is -0.625. The van der Waals surface area contributed by atoms with Crippen molar-refractivity contribution in [3.05, 3.63) is 29.1 Å². The summed E-state index contributed by atoms with van der Waals surface area (Å²) in [7, 11) is 0. The Kier molecular flexibility index (Phi) is 5.96. The molecule has 2 atom stereocenters. The molecule has 4 nitrogen and oxygen atoms in total. The van der Waals surface area contributed by atoms with E-state index in [0.717, 1.165) is 30.4 Å². The average Bonchev–Trinajstić information content (AvgIpc) is 2.42. The molecule has 0 amide bonds. The van der Waals surface area contributed by atoms with Gasteiger partial charge in [-0.25, -0.2) is 9.78 Å². The molecule has 0 aliphatic rings. The van der Waals surface area contributed by atoms with Crippen molar-refractivity contribution >= 4 is 5.97 Å². The maximum Gasteiger partial charge on any atom is 0.354 e. The van der Waals surface area contributed by atoms with Crippen LogP contribution in [0.1, 0.15) is 61.1 Å². The summed E-state index contributed by atoms with van der Waals surface area (Å²) in [4.78, 5) is 15.4. The zero-order valence-electron chi connectivity index (χ0n) is 12.0. The summed E-state index contributed by atoms with van der Waals surface area (Å²) >= 11 is 0. The van der Waals surface area contributed by atoms with Crippen LogP contribution in [-0.2, 0) is 6.42 Å². The van der Waals surface area contributed by atoms with Gasteiger partial charge in [0.2, 0.25) is 0 Å². The SMILES string of the molecule is CCCCc1cnc(C(=O)O)c(C(C)C(C)CN)c1. The van der Waals surface area contributed by atoms with E-state index in [4.69, 9.17) is 5.73 Å². The van der Waals surface area contributed by atoms with Crippen molar-refractivity contribution in [2.24, 2.45) is 11.7 Å². The molecule has 2 unspecified atom stereocenters. The predicted octanol–water partition coefficient (Wildman–Crippen LogP) is 2.82. The Hall–Kier alpha value is -1.42. The van der Waals surface area contributed by atoms with Gasteiger partial charge in [0, 0.05) is 6.20 Å². The number of aromatic nitrogens is 1. The number of hydrogen-bond donors (Lipinski definition) is 2. The van der Waals surface area contributed by atoms with E-state index in [-0.39, 0.29) is 17.5 Å². The molecule has 0 aliphatic heterocycles. The van der Waals surface area contributed by atoms with Crippen molar-refractivity contribution in [3.63, 3.8) is 0 Å². The maximum atomic E-state index is 11.3. The van der Waals surface area contributed by atoms with E-state index >= 15 is 0 Å². The van der Waals surface area contributed by atoms with Crippen LogP contribution in [0.4, 0.5) is 0 Å². The molecule has 0 radical (unpaired) electrons. The fourth-order valence-corrected chi connectivity index (χ4v) is 2.08. The summed E-state index contributed by atoms with van der Waals surface area (Å²) in [5, 5.41) is 9.24. The predicted molar refractivity (Wildman–Crippen MR) is 76.4 cm³/mol. The maximum absolute atomic E-state index is 11.3. The molecular formula is C15H24N2O2. The minimum Gasteiger partial charge on any atom is -0.477 e. The first-order valence-corrected chi connectivity index (χ1v) is 6.93. The van der Waals surface area contributed by atoms with Crippen molar-refractivity contribution in [1.29, 1.82) is 0 Å². The molecule has 1 rings (SSSR count). The Morgan fingerprint density at radius 1 is 1.47 bits per heavy atom. The van der Waals surface area contributed by atoms with E-state index in [1.54, 1.807) is 6.20 Å². The Bertz CT molecular complexity index is 432. The highest BCUT2D eigenvalue weighted by Crippen LogP contribution is 2.27. The molecule has 0 fully saturated rings. The summed E-state index contributed by atoms with van der Waals surface area (Å²) in [6.07, 6.45) is 4.84. The van der Waals surface area contributed by atoms with Gasteiger partial charge in [-0.1, -0.05) is 33.3 Å². The van der Waals surface area contributed by atoms with E-state index in [1.807, 2.05) is 19.9 Å². The summed E-state index contributed by atoms with van der Waals surface area (Å²) < 4.78 is 0. The lowest BCUT2D eigenvalue weighted by Gasteiger charge is -2.20. The highest BCUT2D eigenvalue weighted by atomic mass is 16.4. The second-order valence-corrected chi connectivity index (χ2v) is 5.19. The number of aromatic carboxylic acids is 1. The van der Waals surface area contributed by atoms with Gasteiger partial charge in [-0.3, -0.25) is 0 Å². The van der Waals surface area contributed by atoms with Gasteiger partial charge < -0.3 is 10.8 Å². The van der Waals surface area contributed by atoms with Crippen molar-refractivity contribution in [1.82, 2.24) is 4.98 Å². The van der Waals surface area contributed by atoms with Gasteiger partial charge in [0.15, 0.2) is 5.69 Å². The molecule has 1 heterocycles. The van der Waals surface area contributed by atoms with Crippen molar-refractivity contribution in [2.45, 2.75) is 46.0 Å². The smallest absolute Gasteiger partial charge is 0.354 e. The van der Waals surface area contributed by atoms with Gasteiger partial charge in [-0.2, -0.15) is 0 Å². The van der Waals surface area contributed by atoms with Gasteiger partial charge in [-0.05, 0) is 42.3 Å². The molecule has 0 aromatic carbocycles. The van der Waals surface area contributed by atoms with Crippen molar-refractivity contribution in [2.75, 3.05) is 6.54 Å². The Morgan fingerprint density at radius 2 is 2.16 bits per heavy atom. The molecular weight excluding hydrogens is 240 g/mol. The van der Waals surface area contributed by atoms with E-state index in [1.165, 1.54) is 0 Å². The normalized spacial score (nSPS) is 14.1. The zero-order chi connectivity index (χ0) is 14.4. The number of carboxylic acids is 1. The summed E-state index contributed by atoms with van der Waals surface area (Å²) in [6.45, 7) is 6.73. The minimum absolute atomic E-state index is 0.102. The van der Waals surface area contributed by atoms with Crippen molar-refractivity contribution in [3.8, 4) is 0 Å². The van der Waals surface area contributed by atoms with Crippen LogP contribution in [0.5, 0.6) is 0 Å². The Labute approximate surface area is 115 Å². The number of pyridine rings is 1. The lowest BCUT2D eigenvalue weighted by atomic mass is 9.87. The molecule has 0 saturated carbocycles. The highest BCUT2D eigenvalue weighted by Gasteiger charge is 2.21. The summed E-state index contributed by atoms with van der Waals surface area (Å²) in [5.41, 5.74) is 7.76. The number of nitrogens with zero attached hydrogens (tertiary/aromatic N) is 1. The van der Waals surface area contributed by atoms with E-state index in [0.29, 0.717) is 6.54 Å². The van der Waals surface area contributed by atoms with E-state index < -0.39 is 5.97 Å². The van der Waals surface area contributed by atoms with Gasteiger partial charge in [0.05, 0.1) is 0 Å². The van der Waals surface area contributed by atoms with Crippen LogP contribution in [0.2, 0.25) is 0 Å². The molecule has 1 aromatic rings. The van der Waals surface area contributed by atoms with Crippen LogP contribution < -0.4 is 5.73 Å². The number of hydrogen-bond acceptors (Lipinski definition) is 3. The third-order valence-electron chi connectivity index (χ3n) is 3.71. The van der Waals surface area contributed by atoms with Gasteiger partial charge in [0.1, 0.15) is 0 Å². The van der Waals surface area contributed by atoms with Crippen LogP contribution in [-0.4, -0.2) is 22.6 Å². The largest absolute Gasteiger partial charge is 0.477 e. The van der Waals surface area contributed by atoms with Gasteiger partial charge in [0.25, 0.3) is 0 Å². The number of rotatable bonds is 7. The summed E-state index contributed by atoms with van der Waals surface area (Å²) in [6, 6.07) is 1.99. The lowest BCUT2D eigenvalue weighted by Crippen LogP contribution is -2.20. The number of carboxylic acid groups (broad SMARTS) is 1. The van der Waals surface area contributed by atoms with Crippen LogP contribution in [0.25, 0.3) is 0 Å². The molecule has 4 heteroatoms. The molecule has 1 aromatic heterocycles. The number of aryl methyl sites for hydroxylation is 1. The molecule has 0 saturated heterocycles.